The van der Waals surface area contributed by atoms with Gasteiger partial charge in [-0.25, -0.2) is 4.79 Å². The van der Waals surface area contributed by atoms with Crippen LogP contribution >= 0.6 is 0 Å². The van der Waals surface area contributed by atoms with Crippen LogP contribution in [0.25, 0.3) is 10.8 Å². The Hall–Kier alpha value is -2.81. The molecule has 8 heteroatoms. The van der Waals surface area contributed by atoms with Crippen molar-refractivity contribution in [2.75, 3.05) is 0 Å². The van der Waals surface area contributed by atoms with Crippen molar-refractivity contribution in [3.8, 4) is 0 Å². The van der Waals surface area contributed by atoms with Crippen LogP contribution in [-0.4, -0.2) is 39.8 Å². The molecule has 0 bridgehead atoms. The first-order valence-electron chi connectivity index (χ1n) is 10.0. The summed E-state index contributed by atoms with van der Waals surface area (Å²) < 4.78 is 25.4. The van der Waals surface area contributed by atoms with Crippen LogP contribution in [0.5, 0.6) is 0 Å². The lowest BCUT2D eigenvalue weighted by Gasteiger charge is -2.34. The second kappa shape index (κ2) is 9.13. The summed E-state index contributed by atoms with van der Waals surface area (Å²) in [4.78, 5) is 16.1. The molecule has 0 aliphatic rings. The molecule has 2 N–H and O–H groups in total. The third kappa shape index (κ3) is 5.10. The van der Waals surface area contributed by atoms with Crippen LogP contribution in [0.2, 0.25) is 0 Å². The van der Waals surface area contributed by atoms with Gasteiger partial charge in [0.05, 0.1) is 0 Å². The van der Waals surface area contributed by atoms with E-state index in [1.807, 2.05) is 30.3 Å². The number of fused-ring (bicyclic) bond motifs is 1. The van der Waals surface area contributed by atoms with Crippen LogP contribution in [0.3, 0.4) is 0 Å². The molecule has 0 radical (unpaired) electrons. The number of nitrogens with zero attached hydrogens (tertiary/aromatic N) is 2. The van der Waals surface area contributed by atoms with Gasteiger partial charge in [-0.2, -0.15) is 13.6 Å². The van der Waals surface area contributed by atoms with Crippen LogP contribution in [0.15, 0.2) is 67.0 Å². The quantitative estimate of drug-likeness (QED) is 0.383. The van der Waals surface area contributed by atoms with E-state index in [1.165, 1.54) is 12.4 Å². The number of aliphatic carboxylic acids is 1. The molecule has 3 rings (SSSR count). The van der Waals surface area contributed by atoms with E-state index in [0.717, 1.165) is 10.8 Å². The highest BCUT2D eigenvalue weighted by Gasteiger charge is 2.52. The minimum atomic E-state index is -4.35. The lowest BCUT2D eigenvalue weighted by atomic mass is 10.0. The Balaban J connectivity index is 2.05. The number of aromatic nitrogens is 1. The summed E-state index contributed by atoms with van der Waals surface area (Å²) in [5, 5.41) is 23.2. The first-order valence-corrected chi connectivity index (χ1v) is 11.7. The molecule has 2 atom stereocenters. The van der Waals surface area contributed by atoms with E-state index in [2.05, 4.69) is 4.98 Å². The summed E-state index contributed by atoms with van der Waals surface area (Å²) in [6.45, 7) is 3.17. The maximum absolute atomic E-state index is 13.5. The molecule has 0 aliphatic heterocycles. The lowest BCUT2D eigenvalue weighted by molar-refractivity contribution is -1.03. The van der Waals surface area contributed by atoms with Crippen LogP contribution in [0, 0.1) is 5.92 Å². The molecule has 0 saturated heterocycles. The van der Waals surface area contributed by atoms with Gasteiger partial charge in [0.1, 0.15) is 5.75 Å². The molecule has 0 saturated carbocycles. The Labute approximate surface area is 182 Å². The number of hydrogen-bond acceptors (Lipinski definition) is 5. The van der Waals surface area contributed by atoms with Gasteiger partial charge < -0.3 is 5.11 Å². The molecule has 1 unspecified atom stereocenters. The second-order valence-corrected chi connectivity index (χ2v) is 10.3. The highest BCUT2D eigenvalue weighted by molar-refractivity contribution is 7.85. The summed E-state index contributed by atoms with van der Waals surface area (Å²) in [6.07, 6.45) is 2.97. The fraction of sp³-hybridized carbons (Fsp3) is 0.304. The van der Waals surface area contributed by atoms with Crippen LogP contribution in [0.4, 0.5) is 0 Å². The van der Waals surface area contributed by atoms with Gasteiger partial charge >= 0.3 is 16.0 Å². The summed E-state index contributed by atoms with van der Waals surface area (Å²) >= 11 is 0. The zero-order chi connectivity index (χ0) is 22.6. The molecule has 0 fully saturated rings. The SMILES string of the molecule is CC(C)CC(C(=O)O)[N@@+](O)(Cc1cccnc1)S(=O)(=O)Cc1ccc2ccccc2c1. The molecular weight excluding hydrogens is 416 g/mol. The Bertz CT molecular complexity index is 1160. The first kappa shape index (κ1) is 22.9. The van der Waals surface area contributed by atoms with Gasteiger partial charge in [-0.3, -0.25) is 4.98 Å². The van der Waals surface area contributed by atoms with Crippen molar-refractivity contribution in [2.24, 2.45) is 5.92 Å². The monoisotopic (exact) mass is 443 g/mol. The van der Waals surface area contributed by atoms with Crippen molar-refractivity contribution < 1.29 is 27.6 Å². The number of hydrogen-bond donors (Lipinski definition) is 2. The molecule has 2 aromatic carbocycles. The van der Waals surface area contributed by atoms with Gasteiger partial charge in [0.25, 0.3) is 0 Å². The normalized spacial score (nSPS) is 15.0. The van der Waals surface area contributed by atoms with Crippen molar-refractivity contribution in [1.82, 2.24) is 4.98 Å². The van der Waals surface area contributed by atoms with Crippen LogP contribution in [-0.2, 0) is 27.1 Å². The number of carbonyl (C=O) groups is 1. The fourth-order valence-corrected chi connectivity index (χ4v) is 5.43. The smallest absolute Gasteiger partial charge is 0.366 e. The number of benzene rings is 2. The van der Waals surface area contributed by atoms with Crippen molar-refractivity contribution in [2.45, 2.75) is 38.6 Å². The highest BCUT2D eigenvalue weighted by Crippen LogP contribution is 2.30. The zero-order valence-corrected chi connectivity index (χ0v) is 18.4. The predicted molar refractivity (Wildman–Crippen MR) is 117 cm³/mol. The average molecular weight is 444 g/mol. The molecule has 0 spiro atoms. The molecule has 1 heterocycles. The number of carboxylic acids is 1. The van der Waals surface area contributed by atoms with E-state index in [0.29, 0.717) is 11.1 Å². The number of sulfonamides is 1. The largest absolute Gasteiger partial charge is 0.477 e. The maximum atomic E-state index is 13.5. The Morgan fingerprint density at radius 2 is 1.74 bits per heavy atom. The molecule has 1 aromatic heterocycles. The predicted octanol–water partition coefficient (Wildman–Crippen LogP) is 3.97. The van der Waals surface area contributed by atoms with Crippen molar-refractivity contribution in [1.29, 1.82) is 0 Å². The molecule has 0 amide bonds. The highest BCUT2D eigenvalue weighted by atomic mass is 32.2. The van der Waals surface area contributed by atoms with Gasteiger partial charge in [-0.1, -0.05) is 60.4 Å². The van der Waals surface area contributed by atoms with Gasteiger partial charge in [0.2, 0.25) is 6.04 Å². The fourth-order valence-electron chi connectivity index (χ4n) is 3.69. The van der Waals surface area contributed by atoms with E-state index in [4.69, 9.17) is 0 Å². The van der Waals surface area contributed by atoms with Gasteiger partial charge in [-0.15, -0.1) is 0 Å². The number of quaternary nitrogens is 1. The topological polar surface area (TPSA) is 105 Å². The first-order chi connectivity index (χ1) is 14.6. The Morgan fingerprint density at radius 1 is 1.03 bits per heavy atom. The lowest BCUT2D eigenvalue weighted by Crippen LogP contribution is -2.59. The third-order valence-corrected chi connectivity index (χ3v) is 7.29. The van der Waals surface area contributed by atoms with Crippen LogP contribution in [0.1, 0.15) is 31.4 Å². The van der Waals surface area contributed by atoms with E-state index >= 15 is 0 Å². The Kier molecular flexibility index (Phi) is 6.74. The van der Waals surface area contributed by atoms with Crippen molar-refractivity contribution >= 4 is 26.8 Å². The number of pyridine rings is 1. The third-order valence-electron chi connectivity index (χ3n) is 5.24. The van der Waals surface area contributed by atoms with Gasteiger partial charge in [0, 0.05) is 24.4 Å². The summed E-state index contributed by atoms with van der Waals surface area (Å²) in [7, 11) is -4.35. The van der Waals surface area contributed by atoms with E-state index in [-0.39, 0.29) is 12.3 Å². The van der Waals surface area contributed by atoms with E-state index in [9.17, 15) is 23.5 Å². The minimum absolute atomic E-state index is 0.00302. The zero-order valence-electron chi connectivity index (χ0n) is 17.5. The van der Waals surface area contributed by atoms with E-state index < -0.39 is 38.4 Å². The molecular formula is C23H27N2O5S+. The standard InChI is InChI=1S/C23H26N2O5S/c1-17(2)12-22(23(26)27)25(28,15-19-6-5-11-24-14-19)31(29,30)16-18-9-10-20-7-3-4-8-21(20)13-18/h3-11,13-14,17,22,28H,12,15-16H2,1-2H3/p+1/t22?,25-/m1/s1. The van der Waals surface area contributed by atoms with Crippen LogP contribution < -0.4 is 0 Å². The van der Waals surface area contributed by atoms with Crippen molar-refractivity contribution in [3.63, 3.8) is 0 Å². The number of hydroxylamine groups is 2. The minimum Gasteiger partial charge on any atom is -0.477 e. The maximum Gasteiger partial charge on any atom is 0.366 e. The molecule has 3 aromatic rings. The van der Waals surface area contributed by atoms with E-state index in [1.54, 1.807) is 38.1 Å². The van der Waals surface area contributed by atoms with Gasteiger partial charge in [-0.05, 0) is 34.4 Å². The second-order valence-electron chi connectivity index (χ2n) is 8.17. The van der Waals surface area contributed by atoms with Gasteiger partial charge in [0.15, 0.2) is 6.54 Å². The molecule has 164 valence electrons. The molecule has 7 nitrogen and oxygen atoms in total. The summed E-state index contributed by atoms with van der Waals surface area (Å²) in [6, 6.07) is 14.5. The number of rotatable bonds is 9. The Morgan fingerprint density at radius 3 is 2.35 bits per heavy atom. The molecule has 31 heavy (non-hydrogen) atoms. The average Bonchev–Trinajstić information content (AvgIpc) is 2.72. The van der Waals surface area contributed by atoms with Crippen molar-refractivity contribution in [3.05, 3.63) is 78.1 Å². The summed E-state index contributed by atoms with van der Waals surface area (Å²) in [5.74, 6) is -1.98. The molecule has 0 aliphatic carbocycles. The number of carboxylic acid groups (broad SMARTS) is 1. The summed E-state index contributed by atoms with van der Waals surface area (Å²) in [5.41, 5.74) is 0.914.